The van der Waals surface area contributed by atoms with Gasteiger partial charge >= 0.3 is 0 Å². The Morgan fingerprint density at radius 1 is 1.55 bits per heavy atom. The Labute approximate surface area is 69.2 Å². The van der Waals surface area contributed by atoms with Crippen LogP contribution in [0.1, 0.15) is 33.6 Å². The van der Waals surface area contributed by atoms with E-state index in [-0.39, 0.29) is 0 Å². The molecule has 0 unspecified atom stereocenters. The Morgan fingerprint density at radius 2 is 2.18 bits per heavy atom. The number of hydrogen-bond acceptors (Lipinski definition) is 1. The third kappa shape index (κ3) is 4.59. The second-order valence-electron chi connectivity index (χ2n) is 2.91. The zero-order chi connectivity index (χ0) is 8.69. The monoisotopic (exact) mass is 154 g/mol. The smallest absolute Gasteiger partial charge is 0.0852 e. The Bertz CT molecular complexity index is 146. The van der Waals surface area contributed by atoms with E-state index in [1.807, 2.05) is 6.20 Å². The number of allylic oxidation sites excluding steroid dienone is 1. The van der Waals surface area contributed by atoms with Gasteiger partial charge in [0.05, 0.1) is 6.34 Å². The molecule has 0 atom stereocenters. The van der Waals surface area contributed by atoms with Crippen molar-refractivity contribution in [2.24, 2.45) is 16.6 Å². The number of nitrogens with two attached hydrogens (primary N) is 1. The Kier molecular flexibility index (Phi) is 5.53. The predicted molar refractivity (Wildman–Crippen MR) is 50.5 cm³/mol. The first kappa shape index (κ1) is 10.2. The molecule has 0 aliphatic rings. The summed E-state index contributed by atoms with van der Waals surface area (Å²) in [6, 6.07) is 0. The van der Waals surface area contributed by atoms with Gasteiger partial charge in [0.2, 0.25) is 0 Å². The Morgan fingerprint density at radius 3 is 2.55 bits per heavy atom. The van der Waals surface area contributed by atoms with Crippen LogP contribution in [0.5, 0.6) is 0 Å². The predicted octanol–water partition coefficient (Wildman–Crippen LogP) is 2.31. The number of rotatable bonds is 4. The molecule has 0 aromatic rings. The van der Waals surface area contributed by atoms with Crippen molar-refractivity contribution in [1.82, 2.24) is 0 Å². The summed E-state index contributed by atoms with van der Waals surface area (Å²) >= 11 is 0. The molecule has 0 rings (SSSR count). The molecule has 0 bridgehead atoms. The molecule has 0 radical (unpaired) electrons. The molecular formula is C9H18N2. The van der Waals surface area contributed by atoms with E-state index in [1.54, 1.807) is 0 Å². The molecule has 64 valence electrons. The first-order valence-corrected chi connectivity index (χ1v) is 4.14. The average Bonchev–Trinajstić information content (AvgIpc) is 1.97. The van der Waals surface area contributed by atoms with Gasteiger partial charge in [-0.25, -0.2) is 4.99 Å². The van der Waals surface area contributed by atoms with E-state index in [0.29, 0.717) is 5.92 Å². The third-order valence-electron chi connectivity index (χ3n) is 1.61. The highest BCUT2D eigenvalue weighted by molar-refractivity contribution is 5.52. The van der Waals surface area contributed by atoms with Crippen LogP contribution in [0.3, 0.4) is 0 Å². The van der Waals surface area contributed by atoms with Crippen molar-refractivity contribution >= 4 is 6.34 Å². The summed E-state index contributed by atoms with van der Waals surface area (Å²) in [5, 5.41) is 0. The molecule has 2 heteroatoms. The highest BCUT2D eigenvalue weighted by Crippen LogP contribution is 2.15. The maximum atomic E-state index is 5.14. The minimum atomic E-state index is 0.582. The SMILES string of the molecule is CCC/C(=C\N=C/N)C(C)C. The lowest BCUT2D eigenvalue weighted by Gasteiger charge is -2.07. The van der Waals surface area contributed by atoms with Crippen LogP contribution in [0.2, 0.25) is 0 Å². The van der Waals surface area contributed by atoms with Gasteiger partial charge < -0.3 is 5.73 Å². The van der Waals surface area contributed by atoms with Crippen molar-refractivity contribution in [3.05, 3.63) is 11.8 Å². The van der Waals surface area contributed by atoms with Crippen LogP contribution < -0.4 is 5.73 Å². The fraction of sp³-hybridized carbons (Fsp3) is 0.667. The van der Waals surface area contributed by atoms with Gasteiger partial charge in [0.25, 0.3) is 0 Å². The first-order chi connectivity index (χ1) is 5.22. The Hall–Kier alpha value is -0.790. The standard InChI is InChI=1S/C9H18N2/c1-4-5-9(8(2)3)6-11-7-10/h6-8H,4-5H2,1-3H3,(H2,10,11)/b9-6+. The molecule has 0 aromatic carbocycles. The minimum Gasteiger partial charge on any atom is -0.390 e. The summed E-state index contributed by atoms with van der Waals surface area (Å²) in [5.74, 6) is 0.582. The quantitative estimate of drug-likeness (QED) is 0.489. The molecule has 0 aromatic heterocycles. The maximum absolute atomic E-state index is 5.14. The van der Waals surface area contributed by atoms with Crippen molar-refractivity contribution in [1.29, 1.82) is 0 Å². The van der Waals surface area contributed by atoms with Gasteiger partial charge in [-0.1, -0.05) is 27.2 Å². The summed E-state index contributed by atoms with van der Waals surface area (Å²) in [4.78, 5) is 3.90. The van der Waals surface area contributed by atoms with Crippen LogP contribution in [0.25, 0.3) is 0 Å². The van der Waals surface area contributed by atoms with Crippen LogP contribution in [0, 0.1) is 5.92 Å². The molecule has 0 amide bonds. The van der Waals surface area contributed by atoms with Crippen LogP contribution in [0.4, 0.5) is 0 Å². The van der Waals surface area contributed by atoms with Crippen LogP contribution >= 0.6 is 0 Å². The maximum Gasteiger partial charge on any atom is 0.0852 e. The van der Waals surface area contributed by atoms with Crippen LogP contribution in [-0.4, -0.2) is 6.34 Å². The summed E-state index contributed by atoms with van der Waals surface area (Å²) in [6.45, 7) is 6.52. The number of hydrogen-bond donors (Lipinski definition) is 1. The number of aliphatic imine (C=N–C) groups is 1. The minimum absolute atomic E-state index is 0.582. The van der Waals surface area contributed by atoms with E-state index in [4.69, 9.17) is 5.73 Å². The number of nitrogens with zero attached hydrogens (tertiary/aromatic N) is 1. The van der Waals surface area contributed by atoms with Gasteiger partial charge in [0.15, 0.2) is 0 Å². The third-order valence-corrected chi connectivity index (χ3v) is 1.61. The highest BCUT2D eigenvalue weighted by Gasteiger charge is 1.99. The lowest BCUT2D eigenvalue weighted by molar-refractivity contribution is 0.699. The van der Waals surface area contributed by atoms with Gasteiger partial charge in [-0.05, 0) is 17.9 Å². The zero-order valence-corrected chi connectivity index (χ0v) is 7.67. The molecule has 0 aliphatic heterocycles. The van der Waals surface area contributed by atoms with Gasteiger partial charge in [0, 0.05) is 6.20 Å². The topological polar surface area (TPSA) is 38.4 Å². The average molecular weight is 154 g/mol. The van der Waals surface area contributed by atoms with Crippen molar-refractivity contribution in [3.63, 3.8) is 0 Å². The first-order valence-electron chi connectivity index (χ1n) is 4.14. The summed E-state index contributed by atoms with van der Waals surface area (Å²) in [7, 11) is 0. The van der Waals surface area contributed by atoms with Crippen molar-refractivity contribution in [2.75, 3.05) is 0 Å². The molecule has 0 saturated heterocycles. The van der Waals surface area contributed by atoms with E-state index in [1.165, 1.54) is 18.3 Å². The van der Waals surface area contributed by atoms with Gasteiger partial charge in [-0.2, -0.15) is 0 Å². The lowest BCUT2D eigenvalue weighted by Crippen LogP contribution is -1.94. The van der Waals surface area contributed by atoms with Crippen molar-refractivity contribution in [2.45, 2.75) is 33.6 Å². The highest BCUT2D eigenvalue weighted by atomic mass is 14.8. The summed E-state index contributed by atoms with van der Waals surface area (Å²) in [5.41, 5.74) is 6.51. The van der Waals surface area contributed by atoms with E-state index in [2.05, 4.69) is 25.8 Å². The van der Waals surface area contributed by atoms with E-state index < -0.39 is 0 Å². The second kappa shape index (κ2) is 5.96. The second-order valence-corrected chi connectivity index (χ2v) is 2.91. The molecule has 11 heavy (non-hydrogen) atoms. The molecule has 0 aliphatic carbocycles. The summed E-state index contributed by atoms with van der Waals surface area (Å²) < 4.78 is 0. The van der Waals surface area contributed by atoms with Crippen LogP contribution in [0.15, 0.2) is 16.8 Å². The lowest BCUT2D eigenvalue weighted by atomic mass is 10.0. The van der Waals surface area contributed by atoms with Crippen molar-refractivity contribution < 1.29 is 0 Å². The van der Waals surface area contributed by atoms with Gasteiger partial charge in [-0.15, -0.1) is 0 Å². The van der Waals surface area contributed by atoms with Gasteiger partial charge in [-0.3, -0.25) is 0 Å². The fourth-order valence-corrected chi connectivity index (χ4v) is 0.930. The fourth-order valence-electron chi connectivity index (χ4n) is 0.930. The molecule has 0 spiro atoms. The Balaban J connectivity index is 4.08. The normalized spacial score (nSPS) is 13.3. The van der Waals surface area contributed by atoms with Crippen molar-refractivity contribution in [3.8, 4) is 0 Å². The van der Waals surface area contributed by atoms with Gasteiger partial charge in [0.1, 0.15) is 0 Å². The summed E-state index contributed by atoms with van der Waals surface area (Å²) in [6.07, 6.45) is 5.49. The molecule has 2 N–H and O–H groups in total. The largest absolute Gasteiger partial charge is 0.390 e. The van der Waals surface area contributed by atoms with Crippen LogP contribution in [-0.2, 0) is 0 Å². The zero-order valence-electron chi connectivity index (χ0n) is 7.67. The molecule has 2 nitrogen and oxygen atoms in total. The van der Waals surface area contributed by atoms with E-state index in [0.717, 1.165) is 6.42 Å². The van der Waals surface area contributed by atoms with E-state index >= 15 is 0 Å². The van der Waals surface area contributed by atoms with E-state index in [9.17, 15) is 0 Å². The molecule has 0 saturated carbocycles. The molecule has 0 heterocycles. The molecular weight excluding hydrogens is 136 g/mol. The molecule has 0 fully saturated rings.